The lowest BCUT2D eigenvalue weighted by molar-refractivity contribution is 0.302. The van der Waals surface area contributed by atoms with E-state index in [1.807, 2.05) is 6.92 Å². The number of rotatable bonds is 4. The van der Waals surface area contributed by atoms with Crippen LogP contribution in [0.3, 0.4) is 0 Å². The average molecular weight is 167 g/mol. The van der Waals surface area contributed by atoms with Gasteiger partial charge in [-0.2, -0.15) is 0 Å². The molecule has 0 aromatic carbocycles. The van der Waals surface area contributed by atoms with Crippen LogP contribution < -0.4 is 5.73 Å². The Balaban J connectivity index is 3.91. The van der Waals surface area contributed by atoms with Crippen LogP contribution in [0.5, 0.6) is 0 Å². The predicted octanol–water partition coefficient (Wildman–Crippen LogP) is 0.903. The van der Waals surface area contributed by atoms with Crippen molar-refractivity contribution in [3.63, 3.8) is 0 Å². The van der Waals surface area contributed by atoms with E-state index in [4.69, 9.17) is 10.6 Å². The molecule has 0 aliphatic rings. The van der Waals surface area contributed by atoms with Crippen LogP contribution in [0, 0.1) is 0 Å². The van der Waals surface area contributed by atoms with Gasteiger partial charge in [-0.05, 0) is 6.42 Å². The smallest absolute Gasteiger partial charge is 0.323 e. The summed E-state index contributed by atoms with van der Waals surface area (Å²) in [7, 11) is -2.31. The van der Waals surface area contributed by atoms with Gasteiger partial charge in [-0.3, -0.25) is 4.57 Å². The molecule has 0 saturated heterocycles. The lowest BCUT2D eigenvalue weighted by Gasteiger charge is -2.15. The molecule has 0 amide bonds. The lowest BCUT2D eigenvalue weighted by Crippen LogP contribution is -2.20. The van der Waals surface area contributed by atoms with Gasteiger partial charge in [-0.25, -0.2) is 0 Å². The quantitative estimate of drug-likeness (QED) is 0.610. The molecule has 0 fully saturated rings. The highest BCUT2D eigenvalue weighted by molar-refractivity contribution is 7.53. The van der Waals surface area contributed by atoms with Crippen LogP contribution >= 0.6 is 7.60 Å². The molecule has 0 saturated carbocycles. The van der Waals surface area contributed by atoms with Crippen LogP contribution in [0.4, 0.5) is 0 Å². The molecule has 3 N–H and O–H groups in total. The highest BCUT2D eigenvalue weighted by Crippen LogP contribution is 2.45. The van der Waals surface area contributed by atoms with Crippen LogP contribution in [0.2, 0.25) is 0 Å². The van der Waals surface area contributed by atoms with E-state index in [-0.39, 0.29) is 0 Å². The van der Waals surface area contributed by atoms with Crippen molar-refractivity contribution in [3.8, 4) is 0 Å². The molecule has 1 unspecified atom stereocenters. The Labute approximate surface area is 60.9 Å². The van der Waals surface area contributed by atoms with Crippen molar-refractivity contribution >= 4 is 7.60 Å². The molecule has 0 aliphatic heterocycles. The second-order valence-corrected chi connectivity index (χ2v) is 4.26. The first-order valence-electron chi connectivity index (χ1n) is 3.18. The van der Waals surface area contributed by atoms with E-state index in [2.05, 4.69) is 4.52 Å². The zero-order chi connectivity index (χ0) is 8.20. The molecule has 0 rings (SSSR count). The van der Waals surface area contributed by atoms with Crippen molar-refractivity contribution in [3.05, 3.63) is 0 Å². The molecule has 4 nitrogen and oxygen atoms in total. The minimum atomic E-state index is -3.50. The normalized spacial score (nSPS) is 20.0. The van der Waals surface area contributed by atoms with E-state index in [1.54, 1.807) is 0 Å². The van der Waals surface area contributed by atoms with Gasteiger partial charge in [-0.1, -0.05) is 13.3 Å². The van der Waals surface area contributed by atoms with E-state index < -0.39 is 13.4 Å². The van der Waals surface area contributed by atoms with Gasteiger partial charge in [0.25, 0.3) is 0 Å². The van der Waals surface area contributed by atoms with Crippen LogP contribution in [-0.2, 0) is 9.09 Å². The van der Waals surface area contributed by atoms with Gasteiger partial charge in [0.1, 0.15) is 5.78 Å². The minimum absolute atomic E-state index is 0.515. The van der Waals surface area contributed by atoms with Crippen LogP contribution in [0.25, 0.3) is 0 Å². The highest BCUT2D eigenvalue weighted by atomic mass is 31.2. The molecular weight excluding hydrogens is 153 g/mol. The topological polar surface area (TPSA) is 72.6 Å². The fraction of sp³-hybridized carbons (Fsp3) is 1.00. The summed E-state index contributed by atoms with van der Waals surface area (Å²) in [6.45, 7) is 1.90. The second kappa shape index (κ2) is 4.09. The highest BCUT2D eigenvalue weighted by Gasteiger charge is 2.26. The van der Waals surface area contributed by atoms with Crippen LogP contribution in [0.15, 0.2) is 0 Å². The van der Waals surface area contributed by atoms with Crippen molar-refractivity contribution in [2.45, 2.75) is 25.5 Å². The molecule has 0 spiro atoms. The fourth-order valence-corrected chi connectivity index (χ4v) is 1.45. The summed E-state index contributed by atoms with van der Waals surface area (Å²) in [5, 5.41) is 0. The Morgan fingerprint density at radius 1 is 1.80 bits per heavy atom. The zero-order valence-corrected chi connectivity index (χ0v) is 7.17. The maximum absolute atomic E-state index is 10.9. The Morgan fingerprint density at radius 2 is 2.30 bits per heavy atom. The van der Waals surface area contributed by atoms with Gasteiger partial charge < -0.3 is 15.2 Å². The Morgan fingerprint density at radius 3 is 2.60 bits per heavy atom. The summed E-state index contributed by atoms with van der Waals surface area (Å²) in [5.74, 6) is -0.734. The largest absolute Gasteiger partial charge is 0.344 e. The van der Waals surface area contributed by atoms with Gasteiger partial charge in [0.2, 0.25) is 0 Å². The molecule has 0 heterocycles. The van der Waals surface area contributed by atoms with Gasteiger partial charge in [0.15, 0.2) is 0 Å². The molecule has 62 valence electrons. The number of hydrogen-bond acceptors (Lipinski definition) is 3. The SMILES string of the molecule is CCC[C@@H](N)P(=O)(O)OC. The molecule has 0 aromatic heterocycles. The summed E-state index contributed by atoms with van der Waals surface area (Å²) in [4.78, 5) is 8.93. The average Bonchev–Trinajstić information content (AvgIpc) is 1.89. The Hall–Kier alpha value is 0.110. The van der Waals surface area contributed by atoms with Crippen molar-refractivity contribution in [1.82, 2.24) is 0 Å². The van der Waals surface area contributed by atoms with Crippen molar-refractivity contribution < 1.29 is 14.0 Å². The maximum atomic E-state index is 10.9. The number of nitrogens with two attached hydrogens (primary N) is 1. The standard InChI is InChI=1S/C5H14NO3P/c1-3-4-5(6)10(7,8)9-2/h5H,3-4,6H2,1-2H3,(H,7,8)/t5-/m0/s1. The summed E-state index contributed by atoms with van der Waals surface area (Å²) in [6.07, 6.45) is 1.30. The number of hydrogen-bond donors (Lipinski definition) is 2. The van der Waals surface area contributed by atoms with Gasteiger partial charge in [0, 0.05) is 7.11 Å². The van der Waals surface area contributed by atoms with E-state index in [9.17, 15) is 4.57 Å². The molecule has 0 radical (unpaired) electrons. The third kappa shape index (κ3) is 2.80. The predicted molar refractivity (Wildman–Crippen MR) is 39.7 cm³/mol. The van der Waals surface area contributed by atoms with E-state index >= 15 is 0 Å². The molecule has 10 heavy (non-hydrogen) atoms. The Kier molecular flexibility index (Phi) is 4.13. The van der Waals surface area contributed by atoms with Crippen molar-refractivity contribution in [2.24, 2.45) is 5.73 Å². The first kappa shape index (κ1) is 10.1. The zero-order valence-electron chi connectivity index (χ0n) is 6.28. The van der Waals surface area contributed by atoms with Crippen LogP contribution in [-0.4, -0.2) is 17.8 Å². The third-order valence-corrected chi connectivity index (χ3v) is 2.88. The first-order valence-corrected chi connectivity index (χ1v) is 4.83. The summed E-state index contributed by atoms with van der Waals surface area (Å²) in [5.41, 5.74) is 5.33. The molecule has 0 aromatic rings. The maximum Gasteiger partial charge on any atom is 0.344 e. The second-order valence-electron chi connectivity index (χ2n) is 2.10. The van der Waals surface area contributed by atoms with Gasteiger partial charge in [0.05, 0.1) is 0 Å². The van der Waals surface area contributed by atoms with E-state index in [0.29, 0.717) is 6.42 Å². The molecule has 2 atom stereocenters. The van der Waals surface area contributed by atoms with Crippen LogP contribution in [0.1, 0.15) is 19.8 Å². The third-order valence-electron chi connectivity index (χ3n) is 1.27. The van der Waals surface area contributed by atoms with E-state index in [1.165, 1.54) is 7.11 Å². The monoisotopic (exact) mass is 167 g/mol. The first-order chi connectivity index (χ1) is 4.54. The molecular formula is C5H14NO3P. The van der Waals surface area contributed by atoms with Gasteiger partial charge in [-0.15, -0.1) is 0 Å². The lowest BCUT2D eigenvalue weighted by atomic mass is 10.3. The van der Waals surface area contributed by atoms with Crippen molar-refractivity contribution in [1.29, 1.82) is 0 Å². The molecule has 0 aliphatic carbocycles. The Bertz CT molecular complexity index is 139. The molecule has 5 heteroatoms. The fourth-order valence-electron chi connectivity index (χ4n) is 0.594. The molecule has 0 bridgehead atoms. The van der Waals surface area contributed by atoms with Crippen molar-refractivity contribution in [2.75, 3.05) is 7.11 Å². The summed E-state index contributed by atoms with van der Waals surface area (Å²) < 4.78 is 15.2. The minimum Gasteiger partial charge on any atom is -0.323 e. The van der Waals surface area contributed by atoms with E-state index in [0.717, 1.165) is 6.42 Å². The summed E-state index contributed by atoms with van der Waals surface area (Å²) >= 11 is 0. The summed E-state index contributed by atoms with van der Waals surface area (Å²) in [6, 6.07) is 0. The van der Waals surface area contributed by atoms with Gasteiger partial charge >= 0.3 is 7.60 Å².